The number of urea groups is 1. The summed E-state index contributed by atoms with van der Waals surface area (Å²) in [5.41, 5.74) is 1.19. The number of aromatic nitrogens is 2. The van der Waals surface area contributed by atoms with Gasteiger partial charge in [-0.25, -0.2) is 9.78 Å². The smallest absolute Gasteiger partial charge is 0.318 e. The Balaban J connectivity index is 1.46. The summed E-state index contributed by atoms with van der Waals surface area (Å²) in [6, 6.07) is 16.5. The number of fused-ring (bicyclic) bond motifs is 2. The summed E-state index contributed by atoms with van der Waals surface area (Å²) in [6.45, 7) is 2.84. The van der Waals surface area contributed by atoms with Crippen molar-refractivity contribution in [3.8, 4) is 0 Å². The Morgan fingerprint density at radius 2 is 1.96 bits per heavy atom. The minimum Gasteiger partial charge on any atom is -0.459 e. The third kappa shape index (κ3) is 3.59. The van der Waals surface area contributed by atoms with Gasteiger partial charge in [-0.05, 0) is 31.2 Å². The first-order valence-electron chi connectivity index (χ1n) is 9.12. The average molecular weight is 376 g/mol. The summed E-state index contributed by atoms with van der Waals surface area (Å²) in [6.07, 6.45) is 0. The quantitative estimate of drug-likeness (QED) is 0.558. The largest absolute Gasteiger partial charge is 0.459 e. The average Bonchev–Trinajstić information content (AvgIpc) is 3.13. The molecule has 0 saturated carbocycles. The summed E-state index contributed by atoms with van der Waals surface area (Å²) in [4.78, 5) is 33.6. The van der Waals surface area contributed by atoms with Gasteiger partial charge in [-0.15, -0.1) is 0 Å². The van der Waals surface area contributed by atoms with Crippen LogP contribution in [0.4, 0.5) is 4.79 Å². The number of hydrogen-bond donors (Lipinski definition) is 2. The van der Waals surface area contributed by atoms with E-state index in [1.807, 2.05) is 43.3 Å². The molecule has 2 heterocycles. The van der Waals surface area contributed by atoms with Crippen molar-refractivity contribution in [2.45, 2.75) is 20.0 Å². The van der Waals surface area contributed by atoms with Crippen LogP contribution >= 0.6 is 0 Å². The number of para-hydroxylation sites is 2. The Labute approximate surface area is 161 Å². The van der Waals surface area contributed by atoms with Gasteiger partial charge in [0.1, 0.15) is 17.2 Å². The second kappa shape index (κ2) is 7.56. The van der Waals surface area contributed by atoms with Crippen LogP contribution in [0.2, 0.25) is 0 Å². The van der Waals surface area contributed by atoms with Crippen LogP contribution in [-0.2, 0) is 13.1 Å². The molecule has 2 amide bonds. The number of nitrogens with one attached hydrogen (secondary N) is 2. The van der Waals surface area contributed by atoms with E-state index in [0.29, 0.717) is 29.0 Å². The van der Waals surface area contributed by atoms with Crippen LogP contribution < -0.4 is 10.9 Å². The zero-order valence-corrected chi connectivity index (χ0v) is 15.4. The van der Waals surface area contributed by atoms with Crippen LogP contribution in [0, 0.1) is 0 Å². The SMILES string of the molecule is CCN(Cc1nc2ccccc2c(=O)[nH]1)C(=O)NCc1cc2ccccc2o1. The van der Waals surface area contributed by atoms with Crippen LogP contribution in [-0.4, -0.2) is 27.4 Å². The normalized spacial score (nSPS) is 11.0. The fourth-order valence-corrected chi connectivity index (χ4v) is 3.12. The fraction of sp³-hybridized carbons (Fsp3) is 0.190. The van der Waals surface area contributed by atoms with E-state index in [9.17, 15) is 9.59 Å². The van der Waals surface area contributed by atoms with Crippen molar-refractivity contribution in [2.24, 2.45) is 0 Å². The molecule has 0 bridgehead atoms. The van der Waals surface area contributed by atoms with Crippen LogP contribution in [0.1, 0.15) is 18.5 Å². The molecule has 7 heteroatoms. The zero-order valence-electron chi connectivity index (χ0n) is 15.4. The number of amides is 2. The van der Waals surface area contributed by atoms with Gasteiger partial charge in [-0.2, -0.15) is 0 Å². The van der Waals surface area contributed by atoms with E-state index < -0.39 is 0 Å². The molecule has 4 rings (SSSR count). The first-order valence-corrected chi connectivity index (χ1v) is 9.12. The molecule has 0 atom stereocenters. The van der Waals surface area contributed by atoms with Crippen molar-refractivity contribution in [2.75, 3.05) is 6.54 Å². The van der Waals surface area contributed by atoms with Gasteiger partial charge in [0.2, 0.25) is 0 Å². The molecule has 2 aromatic carbocycles. The summed E-state index contributed by atoms with van der Waals surface area (Å²) in [5, 5.41) is 4.38. The lowest BCUT2D eigenvalue weighted by Gasteiger charge is -2.20. The molecular weight excluding hydrogens is 356 g/mol. The van der Waals surface area contributed by atoms with Crippen LogP contribution in [0.25, 0.3) is 21.9 Å². The lowest BCUT2D eigenvalue weighted by Crippen LogP contribution is -2.39. The highest BCUT2D eigenvalue weighted by atomic mass is 16.3. The Morgan fingerprint density at radius 1 is 1.18 bits per heavy atom. The predicted octanol–water partition coefficient (Wildman–Crippen LogP) is 3.40. The molecule has 0 aliphatic heterocycles. The highest BCUT2D eigenvalue weighted by Crippen LogP contribution is 2.18. The second-order valence-corrected chi connectivity index (χ2v) is 6.45. The Hall–Kier alpha value is -3.61. The molecule has 4 aromatic rings. The highest BCUT2D eigenvalue weighted by Gasteiger charge is 2.15. The lowest BCUT2D eigenvalue weighted by atomic mass is 10.2. The molecule has 28 heavy (non-hydrogen) atoms. The standard InChI is InChI=1S/C21H20N4O3/c1-2-25(13-19-23-17-9-5-4-8-16(17)20(26)24-19)21(27)22-12-15-11-14-7-3-6-10-18(14)28-15/h3-11H,2,12-13H2,1H3,(H,22,27)(H,23,24,26). The van der Waals surface area contributed by atoms with Gasteiger partial charge in [0.25, 0.3) is 5.56 Å². The zero-order chi connectivity index (χ0) is 19.5. The summed E-state index contributed by atoms with van der Waals surface area (Å²) in [5.74, 6) is 1.13. The van der Waals surface area contributed by atoms with Crippen LogP contribution in [0.3, 0.4) is 0 Å². The predicted molar refractivity (Wildman–Crippen MR) is 107 cm³/mol. The third-order valence-electron chi connectivity index (χ3n) is 4.56. The molecule has 0 aliphatic rings. The molecule has 142 valence electrons. The van der Waals surface area contributed by atoms with Crippen molar-refractivity contribution in [3.63, 3.8) is 0 Å². The minimum absolute atomic E-state index is 0.209. The number of rotatable bonds is 5. The van der Waals surface area contributed by atoms with Gasteiger partial charge in [0.05, 0.1) is 24.0 Å². The fourth-order valence-electron chi connectivity index (χ4n) is 3.12. The maximum atomic E-state index is 12.6. The summed E-state index contributed by atoms with van der Waals surface area (Å²) >= 11 is 0. The van der Waals surface area contributed by atoms with Gasteiger partial charge in [-0.3, -0.25) is 4.79 Å². The molecule has 0 aliphatic carbocycles. The number of nitrogens with zero attached hydrogens (tertiary/aromatic N) is 2. The Morgan fingerprint density at radius 3 is 2.79 bits per heavy atom. The van der Waals surface area contributed by atoms with E-state index in [1.165, 1.54) is 0 Å². The van der Waals surface area contributed by atoms with E-state index in [2.05, 4.69) is 15.3 Å². The number of H-pyrrole nitrogens is 1. The topological polar surface area (TPSA) is 91.2 Å². The maximum absolute atomic E-state index is 12.6. The second-order valence-electron chi connectivity index (χ2n) is 6.45. The minimum atomic E-state index is -0.251. The maximum Gasteiger partial charge on any atom is 0.318 e. The lowest BCUT2D eigenvalue weighted by molar-refractivity contribution is 0.195. The Bertz CT molecular complexity index is 1160. The molecule has 0 unspecified atom stereocenters. The van der Waals surface area contributed by atoms with Crippen molar-refractivity contribution < 1.29 is 9.21 Å². The summed E-state index contributed by atoms with van der Waals surface area (Å²) in [7, 11) is 0. The monoisotopic (exact) mass is 376 g/mol. The Kier molecular flexibility index (Phi) is 4.80. The molecule has 0 fully saturated rings. The first-order chi connectivity index (χ1) is 13.6. The number of carbonyl (C=O) groups is 1. The van der Waals surface area contributed by atoms with Crippen molar-refractivity contribution in [1.82, 2.24) is 20.2 Å². The van der Waals surface area contributed by atoms with Gasteiger partial charge < -0.3 is 19.6 Å². The molecule has 7 nitrogen and oxygen atoms in total. The number of carbonyl (C=O) groups excluding carboxylic acids is 1. The number of aromatic amines is 1. The van der Waals surface area contributed by atoms with Crippen molar-refractivity contribution in [1.29, 1.82) is 0 Å². The van der Waals surface area contributed by atoms with E-state index in [4.69, 9.17) is 4.42 Å². The molecule has 0 saturated heterocycles. The number of furan rings is 1. The highest BCUT2D eigenvalue weighted by molar-refractivity contribution is 5.79. The van der Waals surface area contributed by atoms with E-state index >= 15 is 0 Å². The third-order valence-corrected chi connectivity index (χ3v) is 4.56. The van der Waals surface area contributed by atoms with Gasteiger partial charge in [0, 0.05) is 11.9 Å². The molecule has 2 aromatic heterocycles. The molecule has 0 radical (unpaired) electrons. The first kappa shape index (κ1) is 17.8. The number of hydrogen-bond acceptors (Lipinski definition) is 4. The van der Waals surface area contributed by atoms with E-state index in [-0.39, 0.29) is 24.7 Å². The molecule has 0 spiro atoms. The molecular formula is C21H20N4O3. The van der Waals surface area contributed by atoms with Gasteiger partial charge in [-0.1, -0.05) is 30.3 Å². The van der Waals surface area contributed by atoms with Crippen molar-refractivity contribution >= 4 is 27.9 Å². The van der Waals surface area contributed by atoms with Gasteiger partial charge in [0.15, 0.2) is 0 Å². The van der Waals surface area contributed by atoms with Crippen LogP contribution in [0.15, 0.2) is 63.8 Å². The van der Waals surface area contributed by atoms with Crippen LogP contribution in [0.5, 0.6) is 0 Å². The number of benzene rings is 2. The van der Waals surface area contributed by atoms with E-state index in [0.717, 1.165) is 11.0 Å². The van der Waals surface area contributed by atoms with Gasteiger partial charge >= 0.3 is 6.03 Å². The van der Waals surface area contributed by atoms with Crippen molar-refractivity contribution in [3.05, 3.63) is 76.5 Å². The molecule has 2 N–H and O–H groups in total. The summed E-state index contributed by atoms with van der Waals surface area (Å²) < 4.78 is 5.72. The van der Waals surface area contributed by atoms with E-state index in [1.54, 1.807) is 23.1 Å².